The average Bonchev–Trinajstić information content (AvgIpc) is 2.82. The fourth-order valence-corrected chi connectivity index (χ4v) is 5.12. The van der Waals surface area contributed by atoms with Crippen molar-refractivity contribution in [1.82, 2.24) is 10.0 Å². The van der Waals surface area contributed by atoms with Crippen LogP contribution in [0.1, 0.15) is 45.1 Å². The molecule has 0 unspecified atom stereocenters. The average molecular weight is 316 g/mol. The third-order valence-electron chi connectivity index (χ3n) is 3.94. The van der Waals surface area contributed by atoms with E-state index in [-0.39, 0.29) is 6.04 Å². The van der Waals surface area contributed by atoms with Gasteiger partial charge in [-0.3, -0.25) is 0 Å². The van der Waals surface area contributed by atoms with Gasteiger partial charge in [0.1, 0.15) is 4.21 Å². The Hall–Kier alpha value is -0.430. The molecule has 1 aliphatic carbocycles. The van der Waals surface area contributed by atoms with E-state index in [9.17, 15) is 8.42 Å². The van der Waals surface area contributed by atoms with Crippen LogP contribution in [0, 0.1) is 5.41 Å². The number of sulfonamides is 1. The van der Waals surface area contributed by atoms with Crippen molar-refractivity contribution in [1.29, 1.82) is 0 Å². The van der Waals surface area contributed by atoms with Crippen LogP contribution in [0.25, 0.3) is 0 Å². The minimum atomic E-state index is -3.35. The van der Waals surface area contributed by atoms with E-state index in [4.69, 9.17) is 0 Å². The molecule has 0 spiro atoms. The Balaban J connectivity index is 2.00. The van der Waals surface area contributed by atoms with E-state index in [1.54, 1.807) is 6.07 Å². The molecule has 1 heterocycles. The second-order valence-electron chi connectivity index (χ2n) is 6.36. The second-order valence-corrected chi connectivity index (χ2v) is 9.22. The maximum Gasteiger partial charge on any atom is 0.250 e. The van der Waals surface area contributed by atoms with Crippen LogP contribution >= 0.6 is 11.3 Å². The van der Waals surface area contributed by atoms with Crippen molar-refractivity contribution in [3.05, 3.63) is 17.0 Å². The molecule has 2 rings (SSSR count). The lowest BCUT2D eigenvalue weighted by Crippen LogP contribution is -2.38. The van der Waals surface area contributed by atoms with Crippen molar-refractivity contribution in [2.75, 3.05) is 7.05 Å². The quantitative estimate of drug-likeness (QED) is 0.878. The topological polar surface area (TPSA) is 58.2 Å². The summed E-state index contributed by atoms with van der Waals surface area (Å²) in [6.07, 6.45) is 4.02. The molecule has 20 heavy (non-hydrogen) atoms. The highest BCUT2D eigenvalue weighted by Crippen LogP contribution is 2.35. The molecule has 6 heteroatoms. The fraction of sp³-hybridized carbons (Fsp3) is 0.714. The Bertz CT molecular complexity index is 539. The molecule has 0 saturated heterocycles. The fourth-order valence-electron chi connectivity index (χ4n) is 2.59. The van der Waals surface area contributed by atoms with Crippen LogP contribution in [0.4, 0.5) is 0 Å². The van der Waals surface area contributed by atoms with E-state index in [1.165, 1.54) is 11.3 Å². The molecule has 0 radical (unpaired) electrons. The second kappa shape index (κ2) is 6.13. The highest BCUT2D eigenvalue weighted by atomic mass is 32.2. The predicted molar refractivity (Wildman–Crippen MR) is 83.4 cm³/mol. The summed E-state index contributed by atoms with van der Waals surface area (Å²) >= 11 is 1.29. The van der Waals surface area contributed by atoms with Crippen LogP contribution in [0.2, 0.25) is 0 Å². The predicted octanol–water partition coefficient (Wildman–Crippen LogP) is 2.71. The van der Waals surface area contributed by atoms with Gasteiger partial charge in [-0.1, -0.05) is 13.8 Å². The van der Waals surface area contributed by atoms with Gasteiger partial charge in [-0.25, -0.2) is 13.1 Å². The molecule has 4 nitrogen and oxygen atoms in total. The summed E-state index contributed by atoms with van der Waals surface area (Å²) in [4.78, 5) is 0. The lowest BCUT2D eigenvalue weighted by molar-refractivity contribution is 0.218. The van der Waals surface area contributed by atoms with Crippen molar-refractivity contribution in [2.24, 2.45) is 5.41 Å². The maximum atomic E-state index is 12.4. The van der Waals surface area contributed by atoms with Crippen LogP contribution in [-0.4, -0.2) is 21.5 Å². The summed E-state index contributed by atoms with van der Waals surface area (Å²) in [5.41, 5.74) is 1.37. The van der Waals surface area contributed by atoms with Crippen LogP contribution in [-0.2, 0) is 16.6 Å². The monoisotopic (exact) mass is 316 g/mol. The third-order valence-corrected chi connectivity index (χ3v) is 6.95. The summed E-state index contributed by atoms with van der Waals surface area (Å²) < 4.78 is 28.0. The molecule has 0 amide bonds. The standard InChI is InChI=1S/C14H24N2O2S2/c1-14(2)6-4-12(5-7-14)16-20(17,18)13-8-11(9-15-3)10-19-13/h8,10,12,15-16H,4-7,9H2,1-3H3. The first-order valence-electron chi connectivity index (χ1n) is 7.07. The number of nitrogens with one attached hydrogen (secondary N) is 2. The molecule has 1 aliphatic rings. The van der Waals surface area contributed by atoms with E-state index in [2.05, 4.69) is 23.9 Å². The van der Waals surface area contributed by atoms with Gasteiger partial charge in [-0.05, 0) is 55.2 Å². The van der Waals surface area contributed by atoms with Gasteiger partial charge < -0.3 is 5.32 Å². The Morgan fingerprint density at radius 2 is 2.00 bits per heavy atom. The van der Waals surface area contributed by atoms with Crippen molar-refractivity contribution in [2.45, 2.75) is 56.3 Å². The van der Waals surface area contributed by atoms with Crippen LogP contribution in [0.15, 0.2) is 15.7 Å². The number of thiophene rings is 1. The molecule has 0 aromatic carbocycles. The van der Waals surface area contributed by atoms with Gasteiger partial charge in [0.05, 0.1) is 0 Å². The molecule has 1 saturated carbocycles. The smallest absolute Gasteiger partial charge is 0.250 e. The van der Waals surface area contributed by atoms with Gasteiger partial charge in [-0.2, -0.15) is 0 Å². The van der Waals surface area contributed by atoms with E-state index in [0.29, 0.717) is 16.2 Å². The molecule has 0 bridgehead atoms. The summed E-state index contributed by atoms with van der Waals surface area (Å²) in [5, 5.41) is 4.93. The zero-order chi connectivity index (χ0) is 14.8. The van der Waals surface area contributed by atoms with Crippen LogP contribution in [0.3, 0.4) is 0 Å². The van der Waals surface area contributed by atoms with Crippen LogP contribution in [0.5, 0.6) is 0 Å². The normalized spacial score (nSPS) is 20.1. The Kier molecular flexibility index (Phi) is 4.89. The molecule has 2 N–H and O–H groups in total. The van der Waals surface area contributed by atoms with Crippen molar-refractivity contribution < 1.29 is 8.42 Å². The van der Waals surface area contributed by atoms with Crippen molar-refractivity contribution in [3.63, 3.8) is 0 Å². The summed E-state index contributed by atoms with van der Waals surface area (Å²) in [6, 6.07) is 1.85. The number of hydrogen-bond donors (Lipinski definition) is 2. The largest absolute Gasteiger partial charge is 0.316 e. The van der Waals surface area contributed by atoms with Crippen LogP contribution < -0.4 is 10.0 Å². The Morgan fingerprint density at radius 3 is 2.60 bits per heavy atom. The van der Waals surface area contributed by atoms with E-state index >= 15 is 0 Å². The van der Waals surface area contributed by atoms with Gasteiger partial charge >= 0.3 is 0 Å². The Morgan fingerprint density at radius 1 is 1.35 bits per heavy atom. The third kappa shape index (κ3) is 4.04. The number of hydrogen-bond acceptors (Lipinski definition) is 4. The highest BCUT2D eigenvalue weighted by molar-refractivity contribution is 7.91. The molecule has 114 valence electrons. The molecule has 0 atom stereocenters. The molecular weight excluding hydrogens is 292 g/mol. The van der Waals surface area contributed by atoms with E-state index in [1.807, 2.05) is 12.4 Å². The van der Waals surface area contributed by atoms with Gasteiger partial charge in [0.25, 0.3) is 0 Å². The lowest BCUT2D eigenvalue weighted by Gasteiger charge is -2.34. The first-order valence-corrected chi connectivity index (χ1v) is 9.43. The molecule has 1 aromatic rings. The summed E-state index contributed by atoms with van der Waals surface area (Å²) in [6.45, 7) is 5.20. The Labute approximate surface area is 126 Å². The first-order chi connectivity index (χ1) is 9.32. The number of rotatable bonds is 5. The summed E-state index contributed by atoms with van der Waals surface area (Å²) in [5.74, 6) is 0. The summed E-state index contributed by atoms with van der Waals surface area (Å²) in [7, 11) is -1.50. The molecule has 1 aromatic heterocycles. The van der Waals surface area contributed by atoms with E-state index < -0.39 is 10.0 Å². The van der Waals surface area contributed by atoms with E-state index in [0.717, 1.165) is 31.2 Å². The molecule has 0 aliphatic heterocycles. The van der Waals surface area contributed by atoms with Gasteiger partial charge in [0.15, 0.2) is 0 Å². The van der Waals surface area contributed by atoms with Crippen molar-refractivity contribution in [3.8, 4) is 0 Å². The van der Waals surface area contributed by atoms with Gasteiger partial charge in [0, 0.05) is 12.6 Å². The molecule has 1 fully saturated rings. The van der Waals surface area contributed by atoms with Gasteiger partial charge in [0.2, 0.25) is 10.0 Å². The zero-order valence-corrected chi connectivity index (χ0v) is 14.0. The highest BCUT2D eigenvalue weighted by Gasteiger charge is 2.30. The van der Waals surface area contributed by atoms with Gasteiger partial charge in [-0.15, -0.1) is 11.3 Å². The minimum absolute atomic E-state index is 0.0860. The molecular formula is C14H24N2O2S2. The zero-order valence-electron chi connectivity index (χ0n) is 12.4. The SMILES string of the molecule is CNCc1csc(S(=O)(=O)NC2CCC(C)(C)CC2)c1. The maximum absolute atomic E-state index is 12.4. The van der Waals surface area contributed by atoms with Crippen molar-refractivity contribution >= 4 is 21.4 Å². The first kappa shape index (κ1) is 15.9. The minimum Gasteiger partial charge on any atom is -0.316 e. The lowest BCUT2D eigenvalue weighted by atomic mass is 9.76.